The average Bonchev–Trinajstić information content (AvgIpc) is 2.78. The second-order valence-corrected chi connectivity index (χ2v) is 6.21. The van der Waals surface area contributed by atoms with E-state index in [9.17, 15) is 8.78 Å². The number of aliphatic imine (C=N–C) groups is 1. The Kier molecular flexibility index (Phi) is 6.33. The summed E-state index contributed by atoms with van der Waals surface area (Å²) in [7, 11) is 3.57. The average molecular weight is 324 g/mol. The van der Waals surface area contributed by atoms with Crippen molar-refractivity contribution in [3.63, 3.8) is 0 Å². The number of hydrogen-bond donors (Lipinski definition) is 1. The molecule has 1 heterocycles. The molecule has 1 saturated heterocycles. The fourth-order valence-corrected chi connectivity index (χ4v) is 2.92. The molecule has 1 aliphatic heterocycles. The lowest BCUT2D eigenvalue weighted by molar-refractivity contribution is 0.289. The van der Waals surface area contributed by atoms with Gasteiger partial charge in [-0.15, -0.1) is 0 Å². The molecule has 0 bridgehead atoms. The minimum atomic E-state index is -0.549. The number of rotatable bonds is 4. The van der Waals surface area contributed by atoms with E-state index in [1.54, 1.807) is 19.0 Å². The predicted molar refractivity (Wildman–Crippen MR) is 89.3 cm³/mol. The molecule has 128 valence electrons. The van der Waals surface area contributed by atoms with Crippen LogP contribution in [0.2, 0.25) is 0 Å². The maximum atomic E-state index is 14.0. The van der Waals surface area contributed by atoms with E-state index in [0.29, 0.717) is 5.96 Å². The Morgan fingerprint density at radius 2 is 1.74 bits per heavy atom. The predicted octanol–water partition coefficient (Wildman–Crippen LogP) is 2.76. The molecule has 1 fully saturated rings. The van der Waals surface area contributed by atoms with E-state index in [2.05, 4.69) is 9.89 Å². The summed E-state index contributed by atoms with van der Waals surface area (Å²) in [6.45, 7) is 2.03. The number of nitrogens with two attached hydrogens (primary N) is 1. The summed E-state index contributed by atoms with van der Waals surface area (Å²) in [5.74, 6) is -0.630. The van der Waals surface area contributed by atoms with Gasteiger partial charge in [-0.25, -0.2) is 8.78 Å². The molecular formula is C17H26F2N4. The monoisotopic (exact) mass is 324 g/mol. The fourth-order valence-electron chi connectivity index (χ4n) is 2.92. The van der Waals surface area contributed by atoms with Crippen LogP contribution in [0.1, 0.15) is 37.3 Å². The number of halogens is 2. The third kappa shape index (κ3) is 4.64. The normalized spacial score (nSPS) is 18.1. The lowest BCUT2D eigenvalue weighted by Gasteiger charge is -2.26. The number of likely N-dealkylation sites (tertiary alicyclic amines) is 1. The van der Waals surface area contributed by atoms with Gasteiger partial charge in [0.1, 0.15) is 11.6 Å². The van der Waals surface area contributed by atoms with Gasteiger partial charge in [0.15, 0.2) is 5.96 Å². The second kappa shape index (κ2) is 8.24. The summed E-state index contributed by atoms with van der Waals surface area (Å²) >= 11 is 0. The molecule has 0 spiro atoms. The molecule has 0 aliphatic carbocycles. The summed E-state index contributed by atoms with van der Waals surface area (Å²) in [6, 6.07) is 3.44. The van der Waals surface area contributed by atoms with Crippen molar-refractivity contribution in [3.8, 4) is 0 Å². The lowest BCUT2D eigenvalue weighted by Crippen LogP contribution is -2.38. The van der Waals surface area contributed by atoms with Crippen molar-refractivity contribution in [3.05, 3.63) is 35.4 Å². The van der Waals surface area contributed by atoms with Gasteiger partial charge >= 0.3 is 0 Å². The SMILES string of the molecule is CN(C)C(CN=C(N)N1CCCCCC1)c1c(F)cccc1F. The molecule has 1 unspecified atom stereocenters. The maximum absolute atomic E-state index is 14.0. The first-order chi connectivity index (χ1) is 11.0. The van der Waals surface area contributed by atoms with E-state index in [-0.39, 0.29) is 12.1 Å². The number of nitrogens with zero attached hydrogens (tertiary/aromatic N) is 3. The number of benzene rings is 1. The van der Waals surface area contributed by atoms with Crippen molar-refractivity contribution in [2.75, 3.05) is 33.7 Å². The molecular weight excluding hydrogens is 298 g/mol. The van der Waals surface area contributed by atoms with E-state index < -0.39 is 17.7 Å². The van der Waals surface area contributed by atoms with Crippen LogP contribution >= 0.6 is 0 Å². The summed E-state index contributed by atoms with van der Waals surface area (Å²) in [5.41, 5.74) is 6.14. The van der Waals surface area contributed by atoms with Crippen LogP contribution in [0.4, 0.5) is 8.78 Å². The minimum absolute atomic E-state index is 0.0462. The van der Waals surface area contributed by atoms with Gasteiger partial charge in [0, 0.05) is 18.7 Å². The van der Waals surface area contributed by atoms with Crippen LogP contribution in [-0.4, -0.2) is 49.5 Å². The van der Waals surface area contributed by atoms with Crippen LogP contribution in [0, 0.1) is 11.6 Å². The largest absolute Gasteiger partial charge is 0.370 e. The van der Waals surface area contributed by atoms with Crippen LogP contribution in [0.15, 0.2) is 23.2 Å². The standard InChI is InChI=1S/C17H26F2N4/c1-22(2)15(16-13(18)8-7-9-14(16)19)12-21-17(20)23-10-5-3-4-6-11-23/h7-9,15H,3-6,10-12H2,1-2H3,(H2,20,21). The Balaban J connectivity index is 2.15. The molecule has 0 radical (unpaired) electrons. The molecule has 23 heavy (non-hydrogen) atoms. The van der Waals surface area contributed by atoms with E-state index >= 15 is 0 Å². The van der Waals surface area contributed by atoms with Gasteiger partial charge < -0.3 is 15.5 Å². The Morgan fingerprint density at radius 1 is 1.17 bits per heavy atom. The van der Waals surface area contributed by atoms with Crippen LogP contribution in [-0.2, 0) is 0 Å². The maximum Gasteiger partial charge on any atom is 0.191 e. The highest BCUT2D eigenvalue weighted by Gasteiger charge is 2.22. The number of hydrogen-bond acceptors (Lipinski definition) is 2. The highest BCUT2D eigenvalue weighted by molar-refractivity contribution is 5.78. The fraction of sp³-hybridized carbons (Fsp3) is 0.588. The molecule has 0 saturated carbocycles. The Morgan fingerprint density at radius 3 is 2.26 bits per heavy atom. The molecule has 0 amide bonds. The Hall–Kier alpha value is -1.69. The zero-order valence-corrected chi connectivity index (χ0v) is 13.9. The highest BCUT2D eigenvalue weighted by Crippen LogP contribution is 2.24. The van der Waals surface area contributed by atoms with Gasteiger partial charge in [-0.2, -0.15) is 0 Å². The third-order valence-electron chi connectivity index (χ3n) is 4.31. The van der Waals surface area contributed by atoms with E-state index in [0.717, 1.165) is 25.9 Å². The highest BCUT2D eigenvalue weighted by atomic mass is 19.1. The van der Waals surface area contributed by atoms with Crippen molar-refractivity contribution < 1.29 is 8.78 Å². The van der Waals surface area contributed by atoms with Gasteiger partial charge in [0.05, 0.1) is 12.6 Å². The second-order valence-electron chi connectivity index (χ2n) is 6.21. The molecule has 6 heteroatoms. The molecule has 2 rings (SSSR count). The quantitative estimate of drug-likeness (QED) is 0.684. The first kappa shape index (κ1) is 17.7. The Bertz CT molecular complexity index is 517. The van der Waals surface area contributed by atoms with E-state index in [4.69, 9.17) is 5.73 Å². The van der Waals surface area contributed by atoms with E-state index in [1.807, 2.05) is 0 Å². The lowest BCUT2D eigenvalue weighted by atomic mass is 10.0. The molecule has 1 aromatic carbocycles. The molecule has 2 N–H and O–H groups in total. The van der Waals surface area contributed by atoms with Crippen molar-refractivity contribution in [1.29, 1.82) is 0 Å². The Labute approximate surface area is 137 Å². The van der Waals surface area contributed by atoms with Crippen molar-refractivity contribution in [2.45, 2.75) is 31.7 Å². The first-order valence-electron chi connectivity index (χ1n) is 8.16. The first-order valence-corrected chi connectivity index (χ1v) is 8.16. The van der Waals surface area contributed by atoms with Crippen molar-refractivity contribution in [1.82, 2.24) is 9.80 Å². The number of guanidine groups is 1. The summed E-state index contributed by atoms with van der Waals surface area (Å²) < 4.78 is 28.1. The van der Waals surface area contributed by atoms with Crippen LogP contribution in [0.25, 0.3) is 0 Å². The molecule has 1 atom stereocenters. The topological polar surface area (TPSA) is 44.9 Å². The molecule has 1 aromatic rings. The van der Waals surface area contributed by atoms with Crippen molar-refractivity contribution in [2.24, 2.45) is 10.7 Å². The summed E-state index contributed by atoms with van der Waals surface area (Å²) in [6.07, 6.45) is 4.64. The third-order valence-corrected chi connectivity index (χ3v) is 4.31. The van der Waals surface area contributed by atoms with Gasteiger partial charge in [0.2, 0.25) is 0 Å². The van der Waals surface area contributed by atoms with Crippen LogP contribution in [0.3, 0.4) is 0 Å². The van der Waals surface area contributed by atoms with Gasteiger partial charge in [-0.1, -0.05) is 18.9 Å². The number of likely N-dealkylation sites (N-methyl/N-ethyl adjacent to an activating group) is 1. The van der Waals surface area contributed by atoms with Crippen molar-refractivity contribution >= 4 is 5.96 Å². The zero-order valence-electron chi connectivity index (χ0n) is 13.9. The van der Waals surface area contributed by atoms with Crippen LogP contribution < -0.4 is 5.73 Å². The summed E-state index contributed by atoms with van der Waals surface area (Å²) in [5, 5.41) is 0. The van der Waals surface area contributed by atoms with Crippen LogP contribution in [0.5, 0.6) is 0 Å². The summed E-state index contributed by atoms with van der Waals surface area (Å²) in [4.78, 5) is 8.25. The van der Waals surface area contributed by atoms with Gasteiger partial charge in [0.25, 0.3) is 0 Å². The van der Waals surface area contributed by atoms with Gasteiger partial charge in [-0.05, 0) is 39.1 Å². The molecule has 1 aliphatic rings. The molecule has 0 aromatic heterocycles. The minimum Gasteiger partial charge on any atom is -0.370 e. The van der Waals surface area contributed by atoms with E-state index in [1.165, 1.54) is 31.0 Å². The smallest absolute Gasteiger partial charge is 0.191 e. The zero-order chi connectivity index (χ0) is 16.8. The van der Waals surface area contributed by atoms with Gasteiger partial charge in [-0.3, -0.25) is 4.99 Å². The molecule has 4 nitrogen and oxygen atoms in total.